The van der Waals surface area contributed by atoms with Crippen LogP contribution in [0.15, 0.2) is 36.4 Å². The molecule has 14 nitrogen and oxygen atoms in total. The minimum atomic E-state index is -4.10. The normalized spacial score (nSPS) is 27.8. The summed E-state index contributed by atoms with van der Waals surface area (Å²) in [6, 6.07) is 5.44. The summed E-state index contributed by atoms with van der Waals surface area (Å²) in [4.78, 5) is 71.3. The van der Waals surface area contributed by atoms with E-state index in [9.17, 15) is 32.4 Å². The van der Waals surface area contributed by atoms with Crippen LogP contribution in [-0.4, -0.2) is 88.7 Å². The van der Waals surface area contributed by atoms with E-state index in [2.05, 4.69) is 15.4 Å². The number of alkyl carbamates (subject to hydrolysis) is 1. The summed E-state index contributed by atoms with van der Waals surface area (Å²) in [7, 11) is -4.10. The van der Waals surface area contributed by atoms with Crippen molar-refractivity contribution in [3.8, 4) is 0 Å². The highest BCUT2D eigenvalue weighted by Crippen LogP contribution is 2.46. The number of allylic oxidation sites excluding steroid dienone is 1. The molecule has 0 aromatic heterocycles. The SMILES string of the molecule is CC(C)(C)OC(=O)N[C@H]1CCCCC/C=C\[C@H]2C[C@]2(C(=O)NS(=O)(=O)C(C)(C)C)NC(=O)[C@@H]2C[C@@H](OC(=O)N3Cc4ccccc4C3)CN2C1=O. The van der Waals surface area contributed by atoms with Crippen LogP contribution >= 0.6 is 0 Å². The van der Waals surface area contributed by atoms with Crippen LogP contribution in [0.1, 0.15) is 97.6 Å². The van der Waals surface area contributed by atoms with Gasteiger partial charge in [-0.15, -0.1) is 0 Å². The van der Waals surface area contributed by atoms with Gasteiger partial charge in [-0.25, -0.2) is 18.0 Å². The number of carbonyl (C=O) groups excluding carboxylic acids is 5. The summed E-state index contributed by atoms with van der Waals surface area (Å²) in [5.41, 5.74) is -0.376. The van der Waals surface area contributed by atoms with E-state index < -0.39 is 79.9 Å². The smallest absolute Gasteiger partial charge is 0.410 e. The highest BCUT2D eigenvalue weighted by atomic mass is 32.2. The molecule has 0 unspecified atom stereocenters. The summed E-state index contributed by atoms with van der Waals surface area (Å²) in [6.45, 7) is 10.1. The predicted molar refractivity (Wildman–Crippen MR) is 187 cm³/mol. The number of amides is 5. The number of rotatable bonds is 4. The van der Waals surface area contributed by atoms with E-state index in [4.69, 9.17) is 9.47 Å². The van der Waals surface area contributed by atoms with Gasteiger partial charge in [0.25, 0.3) is 5.91 Å². The average molecular weight is 730 g/mol. The minimum absolute atomic E-state index is 0.0677. The molecule has 5 amide bonds. The number of sulfonamides is 1. The van der Waals surface area contributed by atoms with E-state index in [1.54, 1.807) is 25.7 Å². The van der Waals surface area contributed by atoms with Crippen molar-refractivity contribution < 1.29 is 41.9 Å². The van der Waals surface area contributed by atoms with Gasteiger partial charge >= 0.3 is 12.2 Å². The van der Waals surface area contributed by atoms with Crippen LogP contribution < -0.4 is 15.4 Å². The molecule has 280 valence electrons. The Morgan fingerprint density at radius 2 is 1.65 bits per heavy atom. The van der Waals surface area contributed by atoms with E-state index in [0.717, 1.165) is 24.0 Å². The molecule has 1 aromatic carbocycles. The lowest BCUT2D eigenvalue weighted by molar-refractivity contribution is -0.141. The zero-order valence-electron chi connectivity index (χ0n) is 30.3. The van der Waals surface area contributed by atoms with Gasteiger partial charge in [-0.3, -0.25) is 24.0 Å². The second kappa shape index (κ2) is 14.5. The summed E-state index contributed by atoms with van der Waals surface area (Å²) in [6.07, 6.45) is 4.65. The predicted octanol–water partition coefficient (Wildman–Crippen LogP) is 3.64. The third-order valence-electron chi connectivity index (χ3n) is 9.74. The van der Waals surface area contributed by atoms with Crippen LogP contribution in [0.3, 0.4) is 0 Å². The minimum Gasteiger partial charge on any atom is -0.444 e. The van der Waals surface area contributed by atoms with Crippen molar-refractivity contribution in [2.45, 2.75) is 134 Å². The first-order chi connectivity index (χ1) is 23.8. The molecule has 2 fully saturated rings. The van der Waals surface area contributed by atoms with Crippen molar-refractivity contribution >= 4 is 39.9 Å². The molecular formula is C36H51N5O9S. The van der Waals surface area contributed by atoms with Crippen LogP contribution in [0.25, 0.3) is 0 Å². The van der Waals surface area contributed by atoms with Crippen molar-refractivity contribution in [2.75, 3.05) is 6.54 Å². The number of fused-ring (bicyclic) bond motifs is 3. The highest BCUT2D eigenvalue weighted by Gasteiger charge is 2.62. The Morgan fingerprint density at radius 1 is 0.980 bits per heavy atom. The van der Waals surface area contributed by atoms with Crippen LogP contribution in [-0.2, 0) is 47.0 Å². The zero-order chi connectivity index (χ0) is 37.4. The topological polar surface area (TPSA) is 181 Å². The molecule has 0 bridgehead atoms. The van der Waals surface area contributed by atoms with Crippen LogP contribution in [0, 0.1) is 5.92 Å². The first-order valence-electron chi connectivity index (χ1n) is 17.7. The molecule has 5 rings (SSSR count). The summed E-state index contributed by atoms with van der Waals surface area (Å²) in [5.74, 6) is -2.58. The zero-order valence-corrected chi connectivity index (χ0v) is 31.1. The van der Waals surface area contributed by atoms with Gasteiger partial charge in [-0.05, 0) is 78.4 Å². The maximum absolute atomic E-state index is 14.3. The first-order valence-corrected chi connectivity index (χ1v) is 19.2. The molecular weight excluding hydrogens is 678 g/mol. The van der Waals surface area contributed by atoms with E-state index in [1.807, 2.05) is 36.4 Å². The fraction of sp³-hybridized carbons (Fsp3) is 0.639. The van der Waals surface area contributed by atoms with Crippen LogP contribution in [0.5, 0.6) is 0 Å². The molecule has 3 N–H and O–H groups in total. The van der Waals surface area contributed by atoms with E-state index >= 15 is 0 Å². The fourth-order valence-electron chi connectivity index (χ4n) is 6.66. The number of carbonyl (C=O) groups is 5. The van der Waals surface area contributed by atoms with Crippen LogP contribution in [0.4, 0.5) is 9.59 Å². The molecule has 1 saturated heterocycles. The van der Waals surface area contributed by atoms with Crippen molar-refractivity contribution in [3.05, 3.63) is 47.5 Å². The monoisotopic (exact) mass is 729 g/mol. The number of nitrogens with zero attached hydrogens (tertiary/aromatic N) is 2. The van der Waals surface area contributed by atoms with E-state index in [-0.39, 0.29) is 25.8 Å². The van der Waals surface area contributed by atoms with Gasteiger partial charge < -0.3 is 25.0 Å². The number of ether oxygens (including phenoxy) is 2. The highest BCUT2D eigenvalue weighted by molar-refractivity contribution is 7.91. The number of nitrogens with one attached hydrogen (secondary N) is 3. The molecule has 3 heterocycles. The van der Waals surface area contributed by atoms with Gasteiger partial charge in [0.2, 0.25) is 21.8 Å². The lowest BCUT2D eigenvalue weighted by Gasteiger charge is -2.30. The Kier molecular flexibility index (Phi) is 10.8. The van der Waals surface area contributed by atoms with Crippen molar-refractivity contribution in [2.24, 2.45) is 5.92 Å². The maximum Gasteiger partial charge on any atom is 0.410 e. The maximum atomic E-state index is 14.3. The first kappa shape index (κ1) is 38.1. The lowest BCUT2D eigenvalue weighted by Crippen LogP contribution is -2.59. The average Bonchev–Trinajstić information content (AvgIpc) is 3.33. The Labute approximate surface area is 300 Å². The van der Waals surface area contributed by atoms with Gasteiger partial charge in [0.1, 0.15) is 29.3 Å². The molecule has 1 saturated carbocycles. The van der Waals surface area contributed by atoms with Crippen LogP contribution in [0.2, 0.25) is 0 Å². The molecule has 51 heavy (non-hydrogen) atoms. The molecule has 0 radical (unpaired) electrons. The number of hydrogen-bond acceptors (Lipinski definition) is 9. The molecule has 1 aromatic rings. The van der Waals surface area contributed by atoms with Gasteiger partial charge in [0.15, 0.2) is 0 Å². The summed E-state index contributed by atoms with van der Waals surface area (Å²) in [5, 5.41) is 5.50. The molecule has 1 aliphatic carbocycles. The Balaban J connectivity index is 1.42. The summed E-state index contributed by atoms with van der Waals surface area (Å²) < 4.78 is 38.2. The van der Waals surface area contributed by atoms with Crippen molar-refractivity contribution in [3.63, 3.8) is 0 Å². The van der Waals surface area contributed by atoms with Gasteiger partial charge in [-0.1, -0.05) is 49.3 Å². The Bertz CT molecular complexity index is 1660. The summed E-state index contributed by atoms with van der Waals surface area (Å²) >= 11 is 0. The van der Waals surface area contributed by atoms with Gasteiger partial charge in [0.05, 0.1) is 11.3 Å². The van der Waals surface area contributed by atoms with Crippen molar-refractivity contribution in [1.82, 2.24) is 25.2 Å². The third kappa shape index (κ3) is 8.85. The second-order valence-electron chi connectivity index (χ2n) is 16.0. The standard InChI is InChI=1S/C36H51N5O9S/c1-34(2,3)50-32(45)37-27-17-11-9-7-8-10-16-25-19-36(25,31(44)39-51(47,48)35(4,5)6)38-29(42)28-18-26(22-41(28)30(27)43)49-33(46)40-20-23-14-12-13-15-24(23)21-40/h10,12-16,25-28H,7-9,11,17-22H2,1-6H3,(H,37,45)(H,38,42)(H,39,44)/b16-10-/t25-,26+,27-,28-,36-/m0/s1. The largest absolute Gasteiger partial charge is 0.444 e. The Hall–Kier alpha value is -4.14. The molecule has 3 aliphatic heterocycles. The van der Waals surface area contributed by atoms with E-state index in [0.29, 0.717) is 25.9 Å². The quantitative estimate of drug-likeness (QED) is 0.390. The third-order valence-corrected chi connectivity index (χ3v) is 11.8. The molecule has 0 spiro atoms. The number of hydrogen-bond donors (Lipinski definition) is 3. The van der Waals surface area contributed by atoms with Crippen molar-refractivity contribution in [1.29, 1.82) is 0 Å². The lowest BCUT2D eigenvalue weighted by atomic mass is 10.0. The molecule has 5 atom stereocenters. The molecule has 4 aliphatic rings. The second-order valence-corrected chi connectivity index (χ2v) is 18.4. The molecule has 15 heteroatoms. The fourth-order valence-corrected chi connectivity index (χ4v) is 7.39. The van der Waals surface area contributed by atoms with E-state index in [1.165, 1.54) is 25.7 Å². The number of benzene rings is 1. The van der Waals surface area contributed by atoms with Gasteiger partial charge in [0, 0.05) is 25.4 Å². The van der Waals surface area contributed by atoms with Gasteiger partial charge in [-0.2, -0.15) is 0 Å². The Morgan fingerprint density at radius 3 is 2.27 bits per heavy atom.